The standard InChI is InChI=1S/C12H20N2OS/c1-12(2,9-13)11(15)14(3)7-6-10-5-4-8-16-10/h4-5,8H,6-7,9,13H2,1-3H3. The number of nitrogens with zero attached hydrogens (tertiary/aromatic N) is 1. The summed E-state index contributed by atoms with van der Waals surface area (Å²) in [6.07, 6.45) is 0.917. The van der Waals surface area contributed by atoms with Gasteiger partial charge in [-0.15, -0.1) is 11.3 Å². The first kappa shape index (κ1) is 13.2. The molecule has 0 aliphatic heterocycles. The van der Waals surface area contributed by atoms with E-state index in [0.29, 0.717) is 6.54 Å². The second-order valence-electron chi connectivity index (χ2n) is 4.64. The van der Waals surface area contributed by atoms with E-state index in [4.69, 9.17) is 5.73 Å². The van der Waals surface area contributed by atoms with E-state index in [1.165, 1.54) is 4.88 Å². The van der Waals surface area contributed by atoms with E-state index in [1.54, 1.807) is 16.2 Å². The van der Waals surface area contributed by atoms with Crippen LogP contribution in [0, 0.1) is 5.41 Å². The Morgan fingerprint density at radius 3 is 2.75 bits per heavy atom. The third-order valence-corrected chi connectivity index (χ3v) is 3.65. The molecule has 0 bridgehead atoms. The highest BCUT2D eigenvalue weighted by molar-refractivity contribution is 7.09. The van der Waals surface area contributed by atoms with Crippen molar-refractivity contribution >= 4 is 17.2 Å². The molecule has 0 aliphatic carbocycles. The summed E-state index contributed by atoms with van der Waals surface area (Å²) in [6.45, 7) is 4.91. The van der Waals surface area contributed by atoms with Gasteiger partial charge >= 0.3 is 0 Å². The highest BCUT2D eigenvalue weighted by Crippen LogP contribution is 2.17. The molecule has 1 aromatic rings. The number of rotatable bonds is 5. The van der Waals surface area contributed by atoms with Crippen LogP contribution in [0.15, 0.2) is 17.5 Å². The number of hydrogen-bond acceptors (Lipinski definition) is 3. The van der Waals surface area contributed by atoms with Gasteiger partial charge in [-0.25, -0.2) is 0 Å². The van der Waals surface area contributed by atoms with Gasteiger partial charge in [0.1, 0.15) is 0 Å². The minimum absolute atomic E-state index is 0.117. The van der Waals surface area contributed by atoms with Crippen LogP contribution in [-0.2, 0) is 11.2 Å². The van der Waals surface area contributed by atoms with E-state index >= 15 is 0 Å². The zero-order valence-corrected chi connectivity index (χ0v) is 11.0. The van der Waals surface area contributed by atoms with Crippen LogP contribution < -0.4 is 5.73 Å². The molecule has 0 radical (unpaired) electrons. The molecule has 0 spiro atoms. The van der Waals surface area contributed by atoms with Gasteiger partial charge in [-0.2, -0.15) is 0 Å². The van der Waals surface area contributed by atoms with Crippen molar-refractivity contribution < 1.29 is 4.79 Å². The number of thiophene rings is 1. The van der Waals surface area contributed by atoms with Crippen LogP contribution in [0.2, 0.25) is 0 Å². The molecule has 1 amide bonds. The summed E-state index contributed by atoms with van der Waals surface area (Å²) in [4.78, 5) is 15.1. The van der Waals surface area contributed by atoms with Crippen LogP contribution >= 0.6 is 11.3 Å². The molecule has 0 saturated carbocycles. The largest absolute Gasteiger partial charge is 0.345 e. The Labute approximate surface area is 101 Å². The highest BCUT2D eigenvalue weighted by Gasteiger charge is 2.28. The molecular formula is C12H20N2OS. The lowest BCUT2D eigenvalue weighted by Crippen LogP contribution is -2.43. The number of nitrogens with two attached hydrogens (primary N) is 1. The number of carbonyl (C=O) groups excluding carboxylic acids is 1. The predicted molar refractivity (Wildman–Crippen MR) is 68.5 cm³/mol. The maximum Gasteiger partial charge on any atom is 0.229 e. The van der Waals surface area contributed by atoms with E-state index in [1.807, 2.05) is 27.0 Å². The van der Waals surface area contributed by atoms with Gasteiger partial charge in [-0.1, -0.05) is 6.07 Å². The normalized spacial score (nSPS) is 11.5. The maximum absolute atomic E-state index is 12.0. The van der Waals surface area contributed by atoms with Gasteiger partial charge in [-0.05, 0) is 31.7 Å². The summed E-state index contributed by atoms with van der Waals surface area (Å²) in [5.41, 5.74) is 5.14. The first-order valence-corrected chi connectivity index (χ1v) is 6.33. The molecular weight excluding hydrogens is 220 g/mol. The topological polar surface area (TPSA) is 46.3 Å². The van der Waals surface area contributed by atoms with E-state index in [2.05, 4.69) is 11.4 Å². The van der Waals surface area contributed by atoms with Crippen molar-refractivity contribution in [3.8, 4) is 0 Å². The molecule has 2 N–H and O–H groups in total. The third-order valence-electron chi connectivity index (χ3n) is 2.71. The van der Waals surface area contributed by atoms with E-state index in [9.17, 15) is 4.79 Å². The van der Waals surface area contributed by atoms with Crippen LogP contribution in [0.1, 0.15) is 18.7 Å². The fourth-order valence-electron chi connectivity index (χ4n) is 1.44. The van der Waals surface area contributed by atoms with Crippen LogP contribution in [0.3, 0.4) is 0 Å². The predicted octanol–water partition coefficient (Wildman–Crippen LogP) is 1.73. The summed E-state index contributed by atoms with van der Waals surface area (Å²) < 4.78 is 0. The Hall–Kier alpha value is -0.870. The minimum Gasteiger partial charge on any atom is -0.345 e. The molecule has 0 saturated heterocycles. The number of hydrogen-bond donors (Lipinski definition) is 1. The smallest absolute Gasteiger partial charge is 0.229 e. The SMILES string of the molecule is CN(CCc1cccs1)C(=O)C(C)(C)CN. The van der Waals surface area contributed by atoms with Crippen molar-refractivity contribution in [1.29, 1.82) is 0 Å². The van der Waals surface area contributed by atoms with Gasteiger partial charge in [-0.3, -0.25) is 4.79 Å². The van der Waals surface area contributed by atoms with Crippen LogP contribution in [0.4, 0.5) is 0 Å². The summed E-state index contributed by atoms with van der Waals surface area (Å²) in [5.74, 6) is 0.117. The first-order valence-electron chi connectivity index (χ1n) is 5.45. The van der Waals surface area contributed by atoms with Gasteiger partial charge in [0.25, 0.3) is 0 Å². The van der Waals surface area contributed by atoms with Gasteiger partial charge in [0.05, 0.1) is 5.41 Å². The lowest BCUT2D eigenvalue weighted by atomic mass is 9.92. The molecule has 1 aromatic heterocycles. The monoisotopic (exact) mass is 240 g/mol. The molecule has 3 nitrogen and oxygen atoms in total. The Morgan fingerprint density at radius 1 is 1.56 bits per heavy atom. The van der Waals surface area contributed by atoms with Gasteiger partial charge in [0.15, 0.2) is 0 Å². The Kier molecular flexibility index (Phi) is 4.50. The van der Waals surface area contributed by atoms with Crippen LogP contribution in [0.5, 0.6) is 0 Å². The molecule has 1 heterocycles. The van der Waals surface area contributed by atoms with Gasteiger partial charge < -0.3 is 10.6 Å². The molecule has 0 aliphatic rings. The zero-order chi connectivity index (χ0) is 12.2. The second-order valence-corrected chi connectivity index (χ2v) is 5.68. The lowest BCUT2D eigenvalue weighted by Gasteiger charge is -2.28. The molecule has 16 heavy (non-hydrogen) atoms. The number of amides is 1. The minimum atomic E-state index is -0.454. The average Bonchev–Trinajstić information content (AvgIpc) is 2.77. The first-order chi connectivity index (χ1) is 7.47. The van der Waals surface area contributed by atoms with Gasteiger partial charge in [0, 0.05) is 25.0 Å². The van der Waals surface area contributed by atoms with Gasteiger partial charge in [0.2, 0.25) is 5.91 Å². The van der Waals surface area contributed by atoms with E-state index < -0.39 is 5.41 Å². The van der Waals surface area contributed by atoms with Crippen molar-refractivity contribution in [2.75, 3.05) is 20.1 Å². The summed E-state index contributed by atoms with van der Waals surface area (Å²) >= 11 is 1.73. The summed E-state index contributed by atoms with van der Waals surface area (Å²) in [6, 6.07) is 4.13. The van der Waals surface area contributed by atoms with Crippen molar-refractivity contribution in [2.24, 2.45) is 11.1 Å². The van der Waals surface area contributed by atoms with Crippen molar-refractivity contribution in [3.05, 3.63) is 22.4 Å². The Morgan fingerprint density at radius 2 is 2.25 bits per heavy atom. The summed E-state index contributed by atoms with van der Waals surface area (Å²) in [5, 5.41) is 2.06. The molecule has 0 aromatic carbocycles. The zero-order valence-electron chi connectivity index (χ0n) is 10.2. The molecule has 0 unspecified atom stereocenters. The summed E-state index contributed by atoms with van der Waals surface area (Å²) in [7, 11) is 1.84. The molecule has 0 atom stereocenters. The average molecular weight is 240 g/mol. The molecule has 4 heteroatoms. The number of likely N-dealkylation sites (N-methyl/N-ethyl adjacent to an activating group) is 1. The van der Waals surface area contributed by atoms with Crippen LogP contribution in [-0.4, -0.2) is 30.9 Å². The van der Waals surface area contributed by atoms with Crippen molar-refractivity contribution in [1.82, 2.24) is 4.90 Å². The highest BCUT2D eigenvalue weighted by atomic mass is 32.1. The van der Waals surface area contributed by atoms with E-state index in [0.717, 1.165) is 13.0 Å². The second kappa shape index (κ2) is 5.46. The van der Waals surface area contributed by atoms with Crippen LogP contribution in [0.25, 0.3) is 0 Å². The molecule has 1 rings (SSSR count). The van der Waals surface area contributed by atoms with Crippen molar-refractivity contribution in [2.45, 2.75) is 20.3 Å². The number of carbonyl (C=O) groups is 1. The fourth-order valence-corrected chi connectivity index (χ4v) is 2.14. The van der Waals surface area contributed by atoms with E-state index in [-0.39, 0.29) is 5.91 Å². The Balaban J connectivity index is 2.46. The molecule has 0 fully saturated rings. The Bertz CT molecular complexity index is 333. The van der Waals surface area contributed by atoms with Crippen molar-refractivity contribution in [3.63, 3.8) is 0 Å². The molecule has 90 valence electrons. The lowest BCUT2D eigenvalue weighted by molar-refractivity contribution is -0.138. The fraction of sp³-hybridized carbons (Fsp3) is 0.583. The quantitative estimate of drug-likeness (QED) is 0.852. The maximum atomic E-state index is 12.0. The third kappa shape index (κ3) is 3.32.